The highest BCUT2D eigenvalue weighted by Crippen LogP contribution is 1.99. The number of carbonyl (C=O) groups is 1. The molecular formula is C4H5ClN2O2. The molecule has 9 heavy (non-hydrogen) atoms. The van der Waals surface area contributed by atoms with Crippen molar-refractivity contribution in [3.05, 3.63) is 10.7 Å². The number of allylic oxidation sites excluding steroid dienone is 1. The first kappa shape index (κ1) is 7.97. The van der Waals surface area contributed by atoms with Crippen LogP contribution in [0.1, 0.15) is 0 Å². The van der Waals surface area contributed by atoms with Crippen molar-refractivity contribution in [1.82, 2.24) is 0 Å². The van der Waals surface area contributed by atoms with Gasteiger partial charge in [-0.15, -0.1) is 0 Å². The molecule has 0 saturated carbocycles. The Hall–Kier alpha value is -1.03. The minimum Gasteiger partial charge on any atom is -0.477 e. The monoisotopic (exact) mass is 148 g/mol. The van der Waals surface area contributed by atoms with Gasteiger partial charge in [-0.05, 0) is 0 Å². The van der Waals surface area contributed by atoms with Crippen molar-refractivity contribution in [2.75, 3.05) is 0 Å². The van der Waals surface area contributed by atoms with Gasteiger partial charge in [0.2, 0.25) is 0 Å². The van der Waals surface area contributed by atoms with E-state index >= 15 is 0 Å². The van der Waals surface area contributed by atoms with Crippen LogP contribution in [0.5, 0.6) is 0 Å². The van der Waals surface area contributed by atoms with E-state index in [2.05, 4.69) is 0 Å². The number of hydrogen-bond donors (Lipinski definition) is 3. The Morgan fingerprint density at radius 2 is 2.22 bits per heavy atom. The van der Waals surface area contributed by atoms with Gasteiger partial charge in [0.05, 0.1) is 5.03 Å². The molecule has 0 bridgehead atoms. The number of carboxylic acid groups (broad SMARTS) is 1. The van der Waals surface area contributed by atoms with Gasteiger partial charge < -0.3 is 16.2 Å². The summed E-state index contributed by atoms with van der Waals surface area (Å²) >= 11 is 5.14. The largest absolute Gasteiger partial charge is 0.477 e. The van der Waals surface area contributed by atoms with Gasteiger partial charge in [0, 0.05) is 6.21 Å². The van der Waals surface area contributed by atoms with Crippen molar-refractivity contribution in [1.29, 1.82) is 5.41 Å². The summed E-state index contributed by atoms with van der Waals surface area (Å²) in [5.41, 5.74) is 4.36. The molecule has 50 valence electrons. The van der Waals surface area contributed by atoms with Crippen LogP contribution in [0.4, 0.5) is 0 Å². The Balaban J connectivity index is 4.47. The number of rotatable bonds is 2. The molecule has 0 aromatic rings. The van der Waals surface area contributed by atoms with Gasteiger partial charge in [-0.2, -0.15) is 0 Å². The summed E-state index contributed by atoms with van der Waals surface area (Å²) in [5.74, 6) is -1.32. The lowest BCUT2D eigenvalue weighted by atomic mass is 10.4. The lowest BCUT2D eigenvalue weighted by Gasteiger charge is -1.91. The molecule has 0 aromatic carbocycles. The molecule has 0 radical (unpaired) electrons. The number of aliphatic carboxylic acids is 1. The van der Waals surface area contributed by atoms with Gasteiger partial charge in [-0.25, -0.2) is 4.79 Å². The molecule has 4 nitrogen and oxygen atoms in total. The number of carboxylic acids is 1. The fraction of sp³-hybridized carbons (Fsp3) is 0. The topological polar surface area (TPSA) is 87.2 Å². The van der Waals surface area contributed by atoms with Crippen LogP contribution in [0, 0.1) is 5.41 Å². The molecule has 0 aromatic heterocycles. The SMILES string of the molecule is N=CC(Cl)=C(N)C(=O)O. The average molecular weight is 149 g/mol. The van der Waals surface area contributed by atoms with E-state index in [-0.39, 0.29) is 5.03 Å². The van der Waals surface area contributed by atoms with E-state index < -0.39 is 11.7 Å². The van der Waals surface area contributed by atoms with Crippen LogP contribution in [0.25, 0.3) is 0 Å². The Morgan fingerprint density at radius 1 is 1.78 bits per heavy atom. The molecule has 0 heterocycles. The van der Waals surface area contributed by atoms with Crippen LogP contribution in [-0.2, 0) is 4.79 Å². The number of nitrogens with one attached hydrogen (secondary N) is 1. The number of hydrogen-bond acceptors (Lipinski definition) is 3. The van der Waals surface area contributed by atoms with Crippen molar-refractivity contribution in [2.45, 2.75) is 0 Å². The zero-order valence-corrected chi connectivity index (χ0v) is 5.14. The van der Waals surface area contributed by atoms with Crippen molar-refractivity contribution in [2.24, 2.45) is 5.73 Å². The van der Waals surface area contributed by atoms with E-state index in [0.717, 1.165) is 0 Å². The predicted molar refractivity (Wildman–Crippen MR) is 33.5 cm³/mol. The number of halogens is 1. The molecule has 0 amide bonds. The van der Waals surface area contributed by atoms with Crippen LogP contribution in [0.2, 0.25) is 0 Å². The molecular weight excluding hydrogens is 144 g/mol. The average Bonchev–Trinajstić information content (AvgIpc) is 1.84. The Morgan fingerprint density at radius 3 is 2.33 bits per heavy atom. The first-order valence-corrected chi connectivity index (χ1v) is 2.36. The highest BCUT2D eigenvalue weighted by molar-refractivity contribution is 6.40. The second-order valence-corrected chi connectivity index (χ2v) is 1.62. The first-order valence-electron chi connectivity index (χ1n) is 1.98. The smallest absolute Gasteiger partial charge is 0.353 e. The van der Waals surface area contributed by atoms with E-state index in [0.29, 0.717) is 6.21 Å². The van der Waals surface area contributed by atoms with Gasteiger partial charge in [-0.3, -0.25) is 0 Å². The van der Waals surface area contributed by atoms with Crippen LogP contribution in [0.3, 0.4) is 0 Å². The summed E-state index contributed by atoms with van der Waals surface area (Å²) in [6, 6.07) is 0. The van der Waals surface area contributed by atoms with Gasteiger partial charge in [0.25, 0.3) is 0 Å². The third-order valence-electron chi connectivity index (χ3n) is 0.614. The molecule has 0 atom stereocenters. The van der Waals surface area contributed by atoms with Crippen molar-refractivity contribution >= 4 is 23.8 Å². The minimum absolute atomic E-state index is 0.262. The van der Waals surface area contributed by atoms with E-state index in [1.54, 1.807) is 0 Å². The van der Waals surface area contributed by atoms with Gasteiger partial charge in [0.1, 0.15) is 5.70 Å². The highest BCUT2D eigenvalue weighted by Gasteiger charge is 2.04. The first-order chi connectivity index (χ1) is 4.09. The van der Waals surface area contributed by atoms with Gasteiger partial charge >= 0.3 is 5.97 Å². The van der Waals surface area contributed by atoms with Gasteiger partial charge in [-0.1, -0.05) is 11.6 Å². The summed E-state index contributed by atoms with van der Waals surface area (Å²) in [4.78, 5) is 9.93. The third-order valence-corrected chi connectivity index (χ3v) is 0.927. The fourth-order valence-electron chi connectivity index (χ4n) is 0.180. The van der Waals surface area contributed by atoms with E-state index in [1.807, 2.05) is 0 Å². The van der Waals surface area contributed by atoms with E-state index in [9.17, 15) is 4.79 Å². The maximum atomic E-state index is 9.93. The highest BCUT2D eigenvalue weighted by atomic mass is 35.5. The van der Waals surface area contributed by atoms with Crippen molar-refractivity contribution in [3.63, 3.8) is 0 Å². The molecule has 0 aliphatic rings. The Kier molecular flexibility index (Phi) is 2.73. The second kappa shape index (κ2) is 3.09. The molecule has 0 saturated heterocycles. The zero-order valence-electron chi connectivity index (χ0n) is 4.39. The zero-order chi connectivity index (χ0) is 7.44. The Labute approximate surface area is 56.4 Å². The molecule has 0 unspecified atom stereocenters. The minimum atomic E-state index is -1.32. The predicted octanol–water partition coefficient (Wildman–Crippen LogP) is 0.130. The summed E-state index contributed by atoms with van der Waals surface area (Å²) in [6.45, 7) is 0. The van der Waals surface area contributed by atoms with Crippen LogP contribution >= 0.6 is 11.6 Å². The second-order valence-electron chi connectivity index (χ2n) is 1.21. The summed E-state index contributed by atoms with van der Waals surface area (Å²) in [5, 5.41) is 14.3. The van der Waals surface area contributed by atoms with Crippen LogP contribution in [0.15, 0.2) is 10.7 Å². The summed E-state index contributed by atoms with van der Waals surface area (Å²) in [7, 11) is 0. The normalized spacial score (nSPS) is 12.1. The quantitative estimate of drug-likeness (QED) is 0.384. The molecule has 4 N–H and O–H groups in total. The fourth-order valence-corrected chi connectivity index (χ4v) is 0.261. The van der Waals surface area contributed by atoms with E-state index in [1.165, 1.54) is 0 Å². The third kappa shape index (κ3) is 2.14. The van der Waals surface area contributed by atoms with Crippen LogP contribution in [-0.4, -0.2) is 17.3 Å². The van der Waals surface area contributed by atoms with Crippen LogP contribution < -0.4 is 5.73 Å². The standard InChI is InChI=1S/C4H5ClN2O2/c5-2(1-6)3(7)4(8)9/h1,6H,7H2,(H,8,9). The molecule has 5 heteroatoms. The molecule has 0 rings (SSSR count). The van der Waals surface area contributed by atoms with E-state index in [4.69, 9.17) is 27.9 Å². The molecule has 0 aliphatic carbocycles. The summed E-state index contributed by atoms with van der Waals surface area (Å²) in [6.07, 6.45) is 0.672. The lowest BCUT2D eigenvalue weighted by molar-refractivity contribution is -0.132. The lowest BCUT2D eigenvalue weighted by Crippen LogP contribution is -2.11. The number of nitrogens with two attached hydrogens (primary N) is 1. The Bertz CT molecular complexity index is 175. The maximum absolute atomic E-state index is 9.93. The molecule has 0 aliphatic heterocycles. The van der Waals surface area contributed by atoms with Crippen molar-refractivity contribution in [3.8, 4) is 0 Å². The van der Waals surface area contributed by atoms with Gasteiger partial charge in [0.15, 0.2) is 0 Å². The summed E-state index contributed by atoms with van der Waals surface area (Å²) < 4.78 is 0. The molecule has 0 fully saturated rings. The van der Waals surface area contributed by atoms with Crippen molar-refractivity contribution < 1.29 is 9.90 Å². The maximum Gasteiger partial charge on any atom is 0.353 e. The molecule has 0 spiro atoms.